The average molecular weight is 546 g/mol. The number of aromatic nitrogens is 2. The van der Waals surface area contributed by atoms with E-state index in [0.717, 1.165) is 31.7 Å². The van der Waals surface area contributed by atoms with Crippen molar-refractivity contribution in [3.63, 3.8) is 0 Å². The zero-order chi connectivity index (χ0) is 27.6. The van der Waals surface area contributed by atoms with Gasteiger partial charge in [-0.1, -0.05) is 12.1 Å². The number of piperidine rings is 1. The quantitative estimate of drug-likeness (QED) is 0.445. The maximum Gasteiger partial charge on any atom is 0.471 e. The highest BCUT2D eigenvalue weighted by atomic mass is 19.4. The molecule has 2 aromatic heterocycles. The number of likely N-dealkylation sites (tertiary alicyclic amines) is 2. The van der Waals surface area contributed by atoms with Crippen molar-refractivity contribution >= 4 is 22.8 Å². The molecule has 208 valence electrons. The largest absolute Gasteiger partial charge is 0.471 e. The number of hydrogen-bond donors (Lipinski definition) is 1. The molecule has 0 unspecified atom stereocenters. The molecule has 5 rings (SSSR count). The van der Waals surface area contributed by atoms with Gasteiger partial charge >= 0.3 is 12.1 Å². The van der Waals surface area contributed by atoms with Crippen LogP contribution in [0.5, 0.6) is 0 Å². The lowest BCUT2D eigenvalue weighted by Gasteiger charge is -2.32. The highest BCUT2D eigenvalue weighted by Crippen LogP contribution is 2.32. The minimum absolute atomic E-state index is 0.110. The van der Waals surface area contributed by atoms with E-state index in [1.165, 1.54) is 31.0 Å². The standard InChI is InChI=1S/C28H31F4N5O2/c29-23-6-5-19(17-34-27(39)28(30,31)32)16-21(23)20-7-12-36(13-8-20)26(38)22-18-37(15-14-35-10-1-2-11-35)24-4-3-9-33-25(22)24/h3-6,9,16,18,20H,1-2,7-8,10-15,17H2,(H,34,39). The topological polar surface area (TPSA) is 70.5 Å². The second-order valence-electron chi connectivity index (χ2n) is 10.3. The fraction of sp³-hybridized carbons (Fsp3) is 0.464. The number of benzene rings is 1. The van der Waals surface area contributed by atoms with E-state index in [2.05, 4.69) is 14.5 Å². The Morgan fingerprint density at radius 3 is 2.49 bits per heavy atom. The Morgan fingerprint density at radius 1 is 1.03 bits per heavy atom. The summed E-state index contributed by atoms with van der Waals surface area (Å²) in [4.78, 5) is 33.3. The molecule has 2 aliphatic rings. The highest BCUT2D eigenvalue weighted by Gasteiger charge is 2.38. The molecule has 0 spiro atoms. The van der Waals surface area contributed by atoms with Crippen molar-refractivity contribution in [2.75, 3.05) is 32.7 Å². The summed E-state index contributed by atoms with van der Waals surface area (Å²) in [6.07, 6.45) is 2.07. The SMILES string of the molecule is O=C(c1cn(CCN2CCCC2)c2cccnc12)N1CCC(c2cc(CNC(=O)C(F)(F)F)ccc2F)CC1. The second kappa shape index (κ2) is 11.3. The first-order valence-electron chi connectivity index (χ1n) is 13.3. The second-order valence-corrected chi connectivity index (χ2v) is 10.3. The smallest absolute Gasteiger partial charge is 0.344 e. The number of amides is 2. The van der Waals surface area contributed by atoms with Gasteiger partial charge in [-0.15, -0.1) is 0 Å². The summed E-state index contributed by atoms with van der Waals surface area (Å²) in [5.41, 5.74) is 2.92. The Morgan fingerprint density at radius 2 is 1.77 bits per heavy atom. The molecule has 2 amide bonds. The van der Waals surface area contributed by atoms with Crippen LogP contribution in [0.3, 0.4) is 0 Å². The van der Waals surface area contributed by atoms with Gasteiger partial charge in [0.15, 0.2) is 0 Å². The van der Waals surface area contributed by atoms with Gasteiger partial charge in [-0.05, 0) is 74.0 Å². The molecule has 1 aromatic carbocycles. The van der Waals surface area contributed by atoms with Crippen LogP contribution in [-0.4, -0.2) is 70.1 Å². The number of nitrogens with zero attached hydrogens (tertiary/aromatic N) is 4. The molecule has 0 radical (unpaired) electrons. The lowest BCUT2D eigenvalue weighted by Crippen LogP contribution is -2.38. The zero-order valence-electron chi connectivity index (χ0n) is 21.5. The summed E-state index contributed by atoms with van der Waals surface area (Å²) >= 11 is 0. The van der Waals surface area contributed by atoms with Crippen LogP contribution in [0.4, 0.5) is 17.6 Å². The predicted molar refractivity (Wildman–Crippen MR) is 138 cm³/mol. The molecule has 0 bridgehead atoms. The number of carbonyl (C=O) groups excluding carboxylic acids is 2. The van der Waals surface area contributed by atoms with Crippen molar-refractivity contribution in [1.29, 1.82) is 0 Å². The number of halogens is 4. The van der Waals surface area contributed by atoms with Crippen LogP contribution >= 0.6 is 0 Å². The lowest BCUT2D eigenvalue weighted by atomic mass is 9.88. The van der Waals surface area contributed by atoms with Gasteiger partial charge in [-0.2, -0.15) is 13.2 Å². The number of rotatable bonds is 7. The van der Waals surface area contributed by atoms with Gasteiger partial charge < -0.3 is 19.7 Å². The van der Waals surface area contributed by atoms with E-state index in [4.69, 9.17) is 0 Å². The highest BCUT2D eigenvalue weighted by molar-refractivity contribution is 6.05. The predicted octanol–water partition coefficient (Wildman–Crippen LogP) is 4.47. The van der Waals surface area contributed by atoms with Crippen LogP contribution in [0.15, 0.2) is 42.7 Å². The number of nitrogens with one attached hydrogen (secondary N) is 1. The normalized spacial score (nSPS) is 17.2. The fourth-order valence-corrected chi connectivity index (χ4v) is 5.58. The monoisotopic (exact) mass is 545 g/mol. The van der Waals surface area contributed by atoms with Crippen LogP contribution in [0, 0.1) is 5.82 Å². The van der Waals surface area contributed by atoms with Gasteiger partial charge in [0.25, 0.3) is 5.91 Å². The van der Waals surface area contributed by atoms with Crippen molar-refractivity contribution in [3.8, 4) is 0 Å². The summed E-state index contributed by atoms with van der Waals surface area (Å²) in [5.74, 6) is -2.78. The third-order valence-corrected chi connectivity index (χ3v) is 7.72. The average Bonchev–Trinajstić information content (AvgIpc) is 3.58. The molecular formula is C28H31F4N5O2. The first-order chi connectivity index (χ1) is 18.7. The number of pyridine rings is 1. The van der Waals surface area contributed by atoms with Gasteiger partial charge in [0.05, 0.1) is 11.1 Å². The van der Waals surface area contributed by atoms with Crippen LogP contribution in [0.25, 0.3) is 11.0 Å². The van der Waals surface area contributed by atoms with E-state index < -0.39 is 17.9 Å². The molecule has 39 heavy (non-hydrogen) atoms. The molecule has 2 saturated heterocycles. The minimum Gasteiger partial charge on any atom is -0.344 e. The van der Waals surface area contributed by atoms with Crippen molar-refractivity contribution in [2.24, 2.45) is 0 Å². The Balaban J connectivity index is 1.24. The third kappa shape index (κ3) is 6.08. The maximum atomic E-state index is 14.7. The summed E-state index contributed by atoms with van der Waals surface area (Å²) in [6, 6.07) is 7.92. The Labute approximate surface area is 223 Å². The van der Waals surface area contributed by atoms with E-state index in [-0.39, 0.29) is 18.4 Å². The Bertz CT molecular complexity index is 1340. The number of carbonyl (C=O) groups is 2. The molecule has 11 heteroatoms. The van der Waals surface area contributed by atoms with E-state index in [1.807, 2.05) is 23.6 Å². The van der Waals surface area contributed by atoms with E-state index >= 15 is 0 Å². The van der Waals surface area contributed by atoms with Crippen molar-refractivity contribution in [2.45, 2.75) is 50.9 Å². The van der Waals surface area contributed by atoms with E-state index in [0.29, 0.717) is 48.1 Å². The molecule has 0 atom stereocenters. The molecule has 0 saturated carbocycles. The van der Waals surface area contributed by atoms with E-state index in [9.17, 15) is 27.2 Å². The van der Waals surface area contributed by atoms with Crippen LogP contribution in [-0.2, 0) is 17.9 Å². The molecule has 7 nitrogen and oxygen atoms in total. The van der Waals surface area contributed by atoms with Gasteiger partial charge in [-0.3, -0.25) is 14.6 Å². The first-order valence-corrected chi connectivity index (χ1v) is 13.3. The van der Waals surface area contributed by atoms with Crippen molar-refractivity contribution < 1.29 is 27.2 Å². The van der Waals surface area contributed by atoms with E-state index in [1.54, 1.807) is 11.1 Å². The Kier molecular flexibility index (Phi) is 7.88. The molecule has 1 N–H and O–H groups in total. The van der Waals surface area contributed by atoms with Crippen LogP contribution in [0.1, 0.15) is 53.1 Å². The molecule has 0 aliphatic carbocycles. The summed E-state index contributed by atoms with van der Waals surface area (Å²) < 4.78 is 54.2. The fourth-order valence-electron chi connectivity index (χ4n) is 5.58. The lowest BCUT2D eigenvalue weighted by molar-refractivity contribution is -0.173. The van der Waals surface area contributed by atoms with Crippen molar-refractivity contribution in [3.05, 3.63) is 65.2 Å². The van der Waals surface area contributed by atoms with Gasteiger partial charge in [0, 0.05) is 45.1 Å². The number of alkyl halides is 3. The van der Waals surface area contributed by atoms with Gasteiger partial charge in [-0.25, -0.2) is 4.39 Å². The van der Waals surface area contributed by atoms with Crippen LogP contribution < -0.4 is 5.32 Å². The summed E-state index contributed by atoms with van der Waals surface area (Å²) in [6.45, 7) is 4.39. The molecule has 2 aliphatic heterocycles. The summed E-state index contributed by atoms with van der Waals surface area (Å²) in [7, 11) is 0. The third-order valence-electron chi connectivity index (χ3n) is 7.72. The zero-order valence-corrected chi connectivity index (χ0v) is 21.5. The minimum atomic E-state index is -4.97. The van der Waals surface area contributed by atoms with Gasteiger partial charge in [0.1, 0.15) is 11.3 Å². The molecule has 2 fully saturated rings. The van der Waals surface area contributed by atoms with Crippen LogP contribution in [0.2, 0.25) is 0 Å². The summed E-state index contributed by atoms with van der Waals surface area (Å²) in [5, 5.41) is 1.82. The van der Waals surface area contributed by atoms with Crippen molar-refractivity contribution in [1.82, 2.24) is 24.7 Å². The molecule has 3 aromatic rings. The first kappa shape index (κ1) is 27.1. The number of hydrogen-bond acceptors (Lipinski definition) is 4. The molecule has 4 heterocycles. The Hall–Kier alpha value is -3.47. The molecular weight excluding hydrogens is 514 g/mol. The number of fused-ring (bicyclic) bond motifs is 1. The maximum absolute atomic E-state index is 14.7. The van der Waals surface area contributed by atoms with Gasteiger partial charge in [0.2, 0.25) is 0 Å².